The van der Waals surface area contributed by atoms with Gasteiger partial charge in [0.2, 0.25) is 0 Å². The van der Waals surface area contributed by atoms with Gasteiger partial charge in [0, 0.05) is 0 Å². The molecule has 74 valence electrons. The summed E-state index contributed by atoms with van der Waals surface area (Å²) < 4.78 is 0. The van der Waals surface area contributed by atoms with E-state index in [1.54, 1.807) is 0 Å². The summed E-state index contributed by atoms with van der Waals surface area (Å²) in [5.74, 6) is 0.469. The van der Waals surface area contributed by atoms with Crippen molar-refractivity contribution in [1.82, 2.24) is 0 Å². The van der Waals surface area contributed by atoms with Crippen molar-refractivity contribution in [1.29, 1.82) is 0 Å². The lowest BCUT2D eigenvalue weighted by molar-refractivity contribution is 0.0147. The Morgan fingerprint density at radius 1 is 1.31 bits per heavy atom. The highest BCUT2D eigenvalue weighted by Crippen LogP contribution is 2.46. The Bertz CT molecular complexity index is 224. The lowest BCUT2D eigenvalue weighted by atomic mass is 9.62. The van der Waals surface area contributed by atoms with Crippen LogP contribution < -0.4 is 0 Å². The van der Waals surface area contributed by atoms with Crippen molar-refractivity contribution >= 4 is 0 Å². The van der Waals surface area contributed by atoms with Gasteiger partial charge in [0.05, 0.1) is 12.2 Å². The predicted octanol–water partition coefficient (Wildman–Crippen LogP) is 1.47. The van der Waals surface area contributed by atoms with Gasteiger partial charge >= 0.3 is 0 Å². The lowest BCUT2D eigenvalue weighted by Crippen LogP contribution is -2.39. The molecule has 2 nitrogen and oxygen atoms in total. The number of aliphatic hydroxyl groups excluding tert-OH is 2. The first-order valence-electron chi connectivity index (χ1n) is 5.16. The second kappa shape index (κ2) is 3.10. The average Bonchev–Trinajstić information content (AvgIpc) is 2.08. The van der Waals surface area contributed by atoms with Crippen LogP contribution in [-0.4, -0.2) is 22.4 Å². The van der Waals surface area contributed by atoms with Crippen LogP contribution in [0.1, 0.15) is 32.6 Å². The fraction of sp³-hybridized carbons (Fsp3) is 0.818. The second-order valence-corrected chi connectivity index (χ2v) is 4.79. The number of hydrogen-bond acceptors (Lipinski definition) is 2. The minimum atomic E-state index is -0.289. The molecule has 2 aliphatic rings. The van der Waals surface area contributed by atoms with Crippen molar-refractivity contribution in [3.8, 4) is 0 Å². The Balaban J connectivity index is 2.17. The number of fused-ring (bicyclic) bond motifs is 1. The first-order chi connectivity index (χ1) is 6.10. The van der Waals surface area contributed by atoms with E-state index in [-0.39, 0.29) is 17.6 Å². The normalized spacial score (nSPS) is 50.2. The molecule has 0 unspecified atom stereocenters. The molecule has 0 aromatic heterocycles. The summed E-state index contributed by atoms with van der Waals surface area (Å²) in [6.45, 7) is 2.24. The number of aliphatic hydroxyl groups is 2. The third-order valence-corrected chi connectivity index (χ3v) is 3.73. The summed E-state index contributed by atoms with van der Waals surface area (Å²) in [7, 11) is 0. The van der Waals surface area contributed by atoms with Crippen molar-refractivity contribution < 1.29 is 10.2 Å². The van der Waals surface area contributed by atoms with Crippen LogP contribution in [0.15, 0.2) is 12.2 Å². The molecule has 2 heteroatoms. The van der Waals surface area contributed by atoms with Crippen molar-refractivity contribution in [2.24, 2.45) is 11.3 Å². The molecule has 2 N–H and O–H groups in total. The molecule has 0 saturated heterocycles. The van der Waals surface area contributed by atoms with Gasteiger partial charge in [-0.2, -0.15) is 0 Å². The molecule has 2 aliphatic carbocycles. The second-order valence-electron chi connectivity index (χ2n) is 4.79. The quantitative estimate of drug-likeness (QED) is 0.557. The van der Waals surface area contributed by atoms with Gasteiger partial charge in [-0.25, -0.2) is 0 Å². The average molecular weight is 182 g/mol. The van der Waals surface area contributed by atoms with Crippen molar-refractivity contribution in [2.75, 3.05) is 0 Å². The summed E-state index contributed by atoms with van der Waals surface area (Å²) in [6, 6.07) is 0. The fourth-order valence-electron chi connectivity index (χ4n) is 2.68. The molecule has 0 amide bonds. The highest BCUT2D eigenvalue weighted by Gasteiger charge is 2.40. The van der Waals surface area contributed by atoms with Crippen molar-refractivity contribution in [2.45, 2.75) is 44.8 Å². The van der Waals surface area contributed by atoms with Crippen LogP contribution in [0, 0.1) is 11.3 Å². The highest BCUT2D eigenvalue weighted by atomic mass is 16.3. The Morgan fingerprint density at radius 2 is 2.08 bits per heavy atom. The molecule has 13 heavy (non-hydrogen) atoms. The summed E-state index contributed by atoms with van der Waals surface area (Å²) >= 11 is 0. The van der Waals surface area contributed by atoms with E-state index in [0.29, 0.717) is 5.92 Å². The van der Waals surface area contributed by atoms with E-state index in [4.69, 9.17) is 0 Å². The Hall–Kier alpha value is -0.340. The smallest absolute Gasteiger partial charge is 0.0724 e. The molecule has 0 aliphatic heterocycles. The zero-order chi connectivity index (χ0) is 9.47. The first-order valence-corrected chi connectivity index (χ1v) is 5.16. The summed E-state index contributed by atoms with van der Waals surface area (Å²) in [5, 5.41) is 19.0. The van der Waals surface area contributed by atoms with E-state index in [9.17, 15) is 10.2 Å². The van der Waals surface area contributed by atoms with E-state index in [1.165, 1.54) is 0 Å². The molecule has 1 fully saturated rings. The minimum Gasteiger partial charge on any atom is -0.393 e. The Labute approximate surface area is 79.3 Å². The Kier molecular flexibility index (Phi) is 2.20. The SMILES string of the molecule is C[C@@]12C=C[C@H](O)C[C@@H]1C[C@H](O)CC2. The van der Waals surface area contributed by atoms with Gasteiger partial charge in [-0.1, -0.05) is 19.1 Å². The standard InChI is InChI=1S/C11H18O2/c1-11-4-2-9(12)6-8(11)7-10(13)3-5-11/h2,4,8-10,12-13H,3,5-7H2,1H3/t8-,9+,10-,11+/m1/s1. The molecule has 4 atom stereocenters. The first kappa shape index (κ1) is 9.22. The molecule has 2 rings (SSSR count). The third kappa shape index (κ3) is 1.65. The van der Waals surface area contributed by atoms with Gasteiger partial charge in [-0.15, -0.1) is 0 Å². The van der Waals surface area contributed by atoms with Gasteiger partial charge in [0.1, 0.15) is 0 Å². The summed E-state index contributed by atoms with van der Waals surface area (Å²) in [4.78, 5) is 0. The Morgan fingerprint density at radius 3 is 2.85 bits per heavy atom. The maximum Gasteiger partial charge on any atom is 0.0724 e. The largest absolute Gasteiger partial charge is 0.393 e. The minimum absolute atomic E-state index is 0.142. The maximum atomic E-state index is 9.54. The molecular formula is C11H18O2. The van der Waals surface area contributed by atoms with Crippen LogP contribution in [0.25, 0.3) is 0 Å². The predicted molar refractivity (Wildman–Crippen MR) is 51.2 cm³/mol. The van der Waals surface area contributed by atoms with E-state index in [1.807, 2.05) is 6.08 Å². The summed E-state index contributed by atoms with van der Waals surface area (Å²) in [6.07, 6.45) is 7.28. The van der Waals surface area contributed by atoms with Crippen LogP contribution in [0.3, 0.4) is 0 Å². The lowest BCUT2D eigenvalue weighted by Gasteiger charge is -2.44. The zero-order valence-corrected chi connectivity index (χ0v) is 8.11. The molecule has 0 aromatic carbocycles. The molecular weight excluding hydrogens is 164 g/mol. The van der Waals surface area contributed by atoms with E-state index in [0.717, 1.165) is 25.7 Å². The van der Waals surface area contributed by atoms with Gasteiger partial charge < -0.3 is 10.2 Å². The van der Waals surface area contributed by atoms with Gasteiger partial charge in [0.25, 0.3) is 0 Å². The number of allylic oxidation sites excluding steroid dienone is 1. The topological polar surface area (TPSA) is 40.5 Å². The van der Waals surface area contributed by atoms with E-state index in [2.05, 4.69) is 13.0 Å². The van der Waals surface area contributed by atoms with Gasteiger partial charge in [-0.05, 0) is 37.0 Å². The van der Waals surface area contributed by atoms with Gasteiger partial charge in [0.15, 0.2) is 0 Å². The number of hydrogen-bond donors (Lipinski definition) is 2. The number of rotatable bonds is 0. The highest BCUT2D eigenvalue weighted by molar-refractivity contribution is 5.10. The van der Waals surface area contributed by atoms with E-state index < -0.39 is 0 Å². The third-order valence-electron chi connectivity index (χ3n) is 3.73. The maximum absolute atomic E-state index is 9.54. The van der Waals surface area contributed by atoms with Crippen LogP contribution in [0.2, 0.25) is 0 Å². The van der Waals surface area contributed by atoms with Gasteiger partial charge in [-0.3, -0.25) is 0 Å². The van der Waals surface area contributed by atoms with Crippen LogP contribution >= 0.6 is 0 Å². The van der Waals surface area contributed by atoms with E-state index >= 15 is 0 Å². The van der Waals surface area contributed by atoms with Crippen LogP contribution in [-0.2, 0) is 0 Å². The molecule has 0 aromatic rings. The van der Waals surface area contributed by atoms with Crippen molar-refractivity contribution in [3.05, 3.63) is 12.2 Å². The molecule has 1 saturated carbocycles. The molecule has 0 heterocycles. The van der Waals surface area contributed by atoms with Crippen LogP contribution in [0.5, 0.6) is 0 Å². The van der Waals surface area contributed by atoms with Crippen molar-refractivity contribution in [3.63, 3.8) is 0 Å². The fourth-order valence-corrected chi connectivity index (χ4v) is 2.68. The zero-order valence-electron chi connectivity index (χ0n) is 8.11. The molecule has 0 spiro atoms. The summed E-state index contributed by atoms with van der Waals surface area (Å²) in [5.41, 5.74) is 0.235. The monoisotopic (exact) mass is 182 g/mol. The van der Waals surface area contributed by atoms with Crippen LogP contribution in [0.4, 0.5) is 0 Å². The molecule has 0 radical (unpaired) electrons. The molecule has 0 bridgehead atoms.